The molecule has 1 aromatic heterocycles. The number of aliphatic hydroxyl groups is 1. The topological polar surface area (TPSA) is 95.7 Å². The van der Waals surface area contributed by atoms with E-state index in [1.807, 2.05) is 13.8 Å². The molecule has 38 heavy (non-hydrogen) atoms. The summed E-state index contributed by atoms with van der Waals surface area (Å²) < 4.78 is 46.9. The van der Waals surface area contributed by atoms with Crippen LogP contribution in [0.2, 0.25) is 0 Å². The Bertz CT molecular complexity index is 1300. The van der Waals surface area contributed by atoms with Crippen LogP contribution < -0.4 is 5.32 Å². The van der Waals surface area contributed by atoms with Crippen molar-refractivity contribution in [1.29, 1.82) is 0 Å². The minimum atomic E-state index is -1.01. The molecule has 0 bridgehead atoms. The van der Waals surface area contributed by atoms with E-state index in [-0.39, 0.29) is 35.9 Å². The van der Waals surface area contributed by atoms with Crippen LogP contribution in [-0.2, 0) is 9.59 Å². The fourth-order valence-electron chi connectivity index (χ4n) is 4.90. The van der Waals surface area contributed by atoms with Crippen LogP contribution in [0, 0.1) is 30.3 Å². The molecule has 7 nitrogen and oxygen atoms in total. The summed E-state index contributed by atoms with van der Waals surface area (Å²) in [5.41, 5.74) is 1.17. The van der Waals surface area contributed by atoms with Gasteiger partial charge in [-0.1, -0.05) is 43.3 Å². The zero-order chi connectivity index (χ0) is 27.7. The number of amides is 2. The zero-order valence-electron chi connectivity index (χ0n) is 21.5. The van der Waals surface area contributed by atoms with Crippen LogP contribution in [0.25, 0.3) is 11.1 Å². The van der Waals surface area contributed by atoms with Gasteiger partial charge in [0, 0.05) is 31.2 Å². The molecular formula is C28H30F3N3O4. The maximum absolute atomic E-state index is 14.2. The van der Waals surface area contributed by atoms with Crippen molar-refractivity contribution >= 4 is 11.8 Å². The summed E-state index contributed by atoms with van der Waals surface area (Å²) in [5.74, 6) is -4.17. The predicted molar refractivity (Wildman–Crippen MR) is 133 cm³/mol. The minimum Gasteiger partial charge on any atom is -0.391 e. The third kappa shape index (κ3) is 5.60. The largest absolute Gasteiger partial charge is 0.391 e. The molecule has 0 radical (unpaired) electrons. The van der Waals surface area contributed by atoms with Gasteiger partial charge in [-0.3, -0.25) is 9.59 Å². The number of halogens is 3. The Morgan fingerprint density at radius 3 is 2.26 bits per heavy atom. The summed E-state index contributed by atoms with van der Waals surface area (Å²) in [6.07, 6.45) is -0.763. The van der Waals surface area contributed by atoms with Gasteiger partial charge in [-0.05, 0) is 30.9 Å². The molecular weight excluding hydrogens is 499 g/mol. The molecule has 2 amide bonds. The van der Waals surface area contributed by atoms with Crippen LogP contribution in [0.15, 0.2) is 47.0 Å². The summed E-state index contributed by atoms with van der Waals surface area (Å²) in [4.78, 5) is 28.2. The van der Waals surface area contributed by atoms with Crippen molar-refractivity contribution in [3.05, 3.63) is 76.9 Å². The number of hydrogen-bond donors (Lipinski definition) is 2. The Morgan fingerprint density at radius 1 is 1.08 bits per heavy atom. The third-order valence-corrected chi connectivity index (χ3v) is 6.82. The number of rotatable bonds is 7. The molecule has 2 aromatic carbocycles. The normalized spacial score (nSPS) is 19.0. The average molecular weight is 530 g/mol. The highest BCUT2D eigenvalue weighted by Crippen LogP contribution is 2.32. The molecule has 0 saturated carbocycles. The summed E-state index contributed by atoms with van der Waals surface area (Å²) in [7, 11) is 0. The Hall–Kier alpha value is -3.66. The highest BCUT2D eigenvalue weighted by Gasteiger charge is 2.43. The number of carbonyl (C=O) groups excluding carboxylic acids is 2. The molecule has 1 aliphatic heterocycles. The highest BCUT2D eigenvalue weighted by molar-refractivity contribution is 5.91. The number of aryl methyl sites for hydroxylation is 1. The van der Waals surface area contributed by atoms with Gasteiger partial charge in [0.15, 0.2) is 0 Å². The summed E-state index contributed by atoms with van der Waals surface area (Å²) in [5, 5.41) is 17.1. The van der Waals surface area contributed by atoms with Crippen molar-refractivity contribution < 1.29 is 32.4 Å². The summed E-state index contributed by atoms with van der Waals surface area (Å²) >= 11 is 0. The highest BCUT2D eigenvalue weighted by atomic mass is 19.1. The van der Waals surface area contributed by atoms with Gasteiger partial charge in [0.25, 0.3) is 0 Å². The van der Waals surface area contributed by atoms with Crippen LogP contribution in [-0.4, -0.2) is 45.7 Å². The van der Waals surface area contributed by atoms with Gasteiger partial charge < -0.3 is 19.8 Å². The fraction of sp³-hybridized carbons (Fsp3) is 0.393. The Balaban J connectivity index is 1.49. The lowest BCUT2D eigenvalue weighted by Gasteiger charge is -2.29. The van der Waals surface area contributed by atoms with E-state index >= 15 is 0 Å². The van der Waals surface area contributed by atoms with E-state index in [1.54, 1.807) is 32.0 Å². The van der Waals surface area contributed by atoms with E-state index in [1.165, 1.54) is 17.0 Å². The van der Waals surface area contributed by atoms with E-state index < -0.39 is 47.5 Å². The number of aromatic nitrogens is 1. The lowest BCUT2D eigenvalue weighted by Crippen LogP contribution is -2.48. The second kappa shape index (κ2) is 11.0. The molecule has 4 atom stereocenters. The molecule has 1 saturated heterocycles. The summed E-state index contributed by atoms with van der Waals surface area (Å²) in [6.45, 7) is 7.25. The van der Waals surface area contributed by atoms with Crippen molar-refractivity contribution in [1.82, 2.24) is 15.4 Å². The number of benzene rings is 2. The first-order valence-electron chi connectivity index (χ1n) is 12.4. The van der Waals surface area contributed by atoms with Crippen LogP contribution in [0.1, 0.15) is 56.2 Å². The molecule has 0 aliphatic carbocycles. The van der Waals surface area contributed by atoms with Gasteiger partial charge in [0.2, 0.25) is 11.8 Å². The van der Waals surface area contributed by atoms with E-state index in [0.29, 0.717) is 29.2 Å². The molecule has 202 valence electrons. The van der Waals surface area contributed by atoms with Gasteiger partial charge in [-0.15, -0.1) is 0 Å². The van der Waals surface area contributed by atoms with Crippen molar-refractivity contribution in [3.63, 3.8) is 0 Å². The lowest BCUT2D eigenvalue weighted by molar-refractivity contribution is -0.141. The molecule has 1 fully saturated rings. The number of β-amino-alcohol motifs (C(OH)–C–C–N with tert-alkyl or cyclic N) is 1. The van der Waals surface area contributed by atoms with Crippen molar-refractivity contribution in [3.8, 4) is 11.1 Å². The van der Waals surface area contributed by atoms with E-state index in [2.05, 4.69) is 10.5 Å². The van der Waals surface area contributed by atoms with Gasteiger partial charge in [-0.2, -0.15) is 0 Å². The first-order valence-corrected chi connectivity index (χ1v) is 12.4. The number of aliphatic hydroxyl groups excluding tert-OH is 1. The smallest absolute Gasteiger partial charge is 0.243 e. The Morgan fingerprint density at radius 2 is 1.71 bits per heavy atom. The number of nitrogens with one attached hydrogen (secondary N) is 1. The average Bonchev–Trinajstić information content (AvgIpc) is 3.44. The Kier molecular flexibility index (Phi) is 7.91. The predicted octanol–water partition coefficient (Wildman–Crippen LogP) is 4.65. The molecule has 2 heterocycles. The van der Waals surface area contributed by atoms with E-state index in [0.717, 1.165) is 0 Å². The monoisotopic (exact) mass is 529 g/mol. The fourth-order valence-corrected chi connectivity index (χ4v) is 4.90. The van der Waals surface area contributed by atoms with Crippen LogP contribution >= 0.6 is 0 Å². The van der Waals surface area contributed by atoms with Crippen molar-refractivity contribution in [2.24, 2.45) is 5.92 Å². The Labute approximate surface area is 218 Å². The van der Waals surface area contributed by atoms with Crippen LogP contribution in [0.3, 0.4) is 0 Å². The lowest BCUT2D eigenvalue weighted by atomic mass is 9.91. The first kappa shape index (κ1) is 27.4. The SMILES string of the molecule is Cc1cc([C@H](C(=O)N2C[C@H](O)C[C@H]2C(=O)N[C@@H](C)c2ccc(-c3c(F)cc(F)cc3F)cc2)C(C)C)on1. The number of carbonyl (C=O) groups is 2. The van der Waals surface area contributed by atoms with Gasteiger partial charge in [0.1, 0.15) is 35.2 Å². The first-order chi connectivity index (χ1) is 18.0. The molecule has 1 aliphatic rings. The van der Waals surface area contributed by atoms with E-state index in [4.69, 9.17) is 4.52 Å². The molecule has 2 N–H and O–H groups in total. The number of hydrogen-bond acceptors (Lipinski definition) is 5. The minimum absolute atomic E-state index is 0.0190. The maximum atomic E-state index is 14.2. The van der Waals surface area contributed by atoms with Crippen LogP contribution in [0.5, 0.6) is 0 Å². The maximum Gasteiger partial charge on any atom is 0.243 e. The zero-order valence-corrected chi connectivity index (χ0v) is 21.5. The molecule has 0 spiro atoms. The quantitative estimate of drug-likeness (QED) is 0.465. The standard InChI is InChI=1S/C28H30F3N3O4/c1-14(2)25(24-9-15(3)33-38-24)28(37)34-13-20(35)12-23(34)27(36)32-16(4)17-5-7-18(8-6-17)26-21(30)10-19(29)11-22(26)31/h5-11,14,16,20,23,25,35H,12-13H2,1-4H3,(H,32,36)/t16-,20+,23-,25+/m0/s1. The molecule has 10 heteroatoms. The number of likely N-dealkylation sites (tertiary alicyclic amines) is 1. The number of nitrogens with zero attached hydrogens (tertiary/aromatic N) is 2. The van der Waals surface area contributed by atoms with Crippen LogP contribution in [0.4, 0.5) is 13.2 Å². The van der Waals surface area contributed by atoms with E-state index in [9.17, 15) is 27.9 Å². The molecule has 4 rings (SSSR count). The second-order valence-electron chi connectivity index (χ2n) is 10.1. The van der Waals surface area contributed by atoms with Gasteiger partial charge >= 0.3 is 0 Å². The third-order valence-electron chi connectivity index (χ3n) is 6.82. The van der Waals surface area contributed by atoms with Crippen molar-refractivity contribution in [2.45, 2.75) is 58.2 Å². The molecule has 0 unspecified atom stereocenters. The van der Waals surface area contributed by atoms with Gasteiger partial charge in [0.05, 0.1) is 23.4 Å². The summed E-state index contributed by atoms with van der Waals surface area (Å²) in [6, 6.07) is 7.72. The van der Waals surface area contributed by atoms with Gasteiger partial charge in [-0.25, -0.2) is 13.2 Å². The second-order valence-corrected chi connectivity index (χ2v) is 10.1. The van der Waals surface area contributed by atoms with Crippen molar-refractivity contribution in [2.75, 3.05) is 6.54 Å². The molecule has 3 aromatic rings.